The summed E-state index contributed by atoms with van der Waals surface area (Å²) in [4.78, 5) is 15.8. The van der Waals surface area contributed by atoms with E-state index in [0.717, 1.165) is 22.3 Å². The van der Waals surface area contributed by atoms with E-state index in [1.807, 2.05) is 73.5 Å². The van der Waals surface area contributed by atoms with E-state index in [1.165, 1.54) is 12.1 Å². The van der Waals surface area contributed by atoms with E-state index >= 15 is 0 Å². The fraction of sp³-hybridized carbons (Fsp3) is 0.279. The van der Waals surface area contributed by atoms with Gasteiger partial charge in [0.1, 0.15) is 11.8 Å². The third kappa shape index (κ3) is 10.9. The molecule has 55 heavy (non-hydrogen) atoms. The zero-order valence-corrected chi connectivity index (χ0v) is 31.6. The van der Waals surface area contributed by atoms with Crippen molar-refractivity contribution in [1.82, 2.24) is 9.62 Å². The predicted molar refractivity (Wildman–Crippen MR) is 209 cm³/mol. The standard InChI is InChI=1S/C43H47N3O8S/c1-29-11-21-38(22-12-29)55(51,52)45-39(23-30-7-4-3-5-8-30)42(50)44-35-19-17-33(18-20-35)43-53-37(25-41(54-43)32-15-13-31(28-47)14-16-32)26-46(2)27-40(49)34-9-6-10-36(48)24-34/h3-22,24,37,39-41,43,45,47-49H,23,25-28H2,1-2H3,(H,44,50)/t37-,39+,40+,41+,43+/m0/s1. The van der Waals surface area contributed by atoms with E-state index in [2.05, 4.69) is 10.0 Å². The zero-order chi connectivity index (χ0) is 39.0. The van der Waals surface area contributed by atoms with Gasteiger partial charge in [-0.15, -0.1) is 0 Å². The lowest BCUT2D eigenvalue weighted by molar-refractivity contribution is -0.252. The predicted octanol–water partition coefficient (Wildman–Crippen LogP) is 5.93. The van der Waals surface area contributed by atoms with E-state index in [1.54, 1.807) is 60.7 Å². The van der Waals surface area contributed by atoms with Crippen LogP contribution in [0.4, 0.5) is 5.69 Å². The van der Waals surface area contributed by atoms with Crippen LogP contribution in [0.2, 0.25) is 0 Å². The van der Waals surface area contributed by atoms with Crippen LogP contribution < -0.4 is 10.0 Å². The van der Waals surface area contributed by atoms with Gasteiger partial charge in [-0.05, 0) is 79.0 Å². The van der Waals surface area contributed by atoms with Crippen LogP contribution in [0.5, 0.6) is 5.75 Å². The molecule has 1 saturated heterocycles. The number of nitrogens with zero attached hydrogens (tertiary/aromatic N) is 1. The lowest BCUT2D eigenvalue weighted by Gasteiger charge is -2.38. The molecule has 1 amide bonds. The van der Waals surface area contributed by atoms with Crippen LogP contribution in [0.25, 0.3) is 0 Å². The SMILES string of the molecule is Cc1ccc(S(=O)(=O)N[C@H](Cc2ccccc2)C(=O)Nc2ccc([C@@H]3O[C@H](CN(C)C[C@@H](O)c4cccc(O)c4)C[C@H](c4ccc(CO)cc4)O3)cc2)cc1. The van der Waals surface area contributed by atoms with Gasteiger partial charge in [-0.2, -0.15) is 4.72 Å². The first-order valence-corrected chi connectivity index (χ1v) is 19.6. The van der Waals surface area contributed by atoms with Crippen molar-refractivity contribution in [2.45, 2.75) is 61.9 Å². The van der Waals surface area contributed by atoms with Gasteiger partial charge in [0.25, 0.3) is 0 Å². The summed E-state index contributed by atoms with van der Waals surface area (Å²) in [5, 5.41) is 33.2. The number of carbonyl (C=O) groups excluding carboxylic acids is 1. The van der Waals surface area contributed by atoms with E-state index in [4.69, 9.17) is 9.47 Å². The summed E-state index contributed by atoms with van der Waals surface area (Å²) in [7, 11) is -2.11. The lowest BCUT2D eigenvalue weighted by atomic mass is 9.99. The molecular weight excluding hydrogens is 719 g/mol. The number of aliphatic hydroxyl groups is 2. The maximum absolute atomic E-state index is 13.7. The summed E-state index contributed by atoms with van der Waals surface area (Å²) in [6, 6.07) is 35.8. The molecule has 5 aromatic rings. The first-order chi connectivity index (χ1) is 26.4. The summed E-state index contributed by atoms with van der Waals surface area (Å²) in [5.41, 5.74) is 5.22. The lowest BCUT2D eigenvalue weighted by Crippen LogP contribution is -2.45. The van der Waals surface area contributed by atoms with Crippen molar-refractivity contribution in [3.05, 3.63) is 161 Å². The third-order valence-electron chi connectivity index (χ3n) is 9.55. The Morgan fingerprint density at radius 1 is 0.855 bits per heavy atom. The summed E-state index contributed by atoms with van der Waals surface area (Å²) < 4.78 is 42.3. The number of aryl methyl sites for hydroxylation is 1. The number of hydrogen-bond donors (Lipinski definition) is 5. The Morgan fingerprint density at radius 2 is 1.55 bits per heavy atom. The van der Waals surface area contributed by atoms with E-state index < -0.39 is 34.4 Å². The first-order valence-electron chi connectivity index (χ1n) is 18.2. The number of nitrogens with one attached hydrogen (secondary N) is 2. The smallest absolute Gasteiger partial charge is 0.242 e. The molecule has 0 saturated carbocycles. The quantitative estimate of drug-likeness (QED) is 0.0872. The molecule has 11 nitrogen and oxygen atoms in total. The summed E-state index contributed by atoms with van der Waals surface area (Å²) in [5.74, 6) is -0.426. The molecule has 12 heteroatoms. The average molecular weight is 766 g/mol. The number of amides is 1. The van der Waals surface area contributed by atoms with Crippen molar-refractivity contribution in [2.24, 2.45) is 0 Å². The Morgan fingerprint density at radius 3 is 2.22 bits per heavy atom. The molecule has 0 aliphatic carbocycles. The van der Waals surface area contributed by atoms with Crippen LogP contribution in [-0.2, 0) is 37.3 Å². The van der Waals surface area contributed by atoms with E-state index in [9.17, 15) is 28.5 Å². The minimum Gasteiger partial charge on any atom is -0.508 e. The van der Waals surface area contributed by atoms with Crippen LogP contribution in [0.1, 0.15) is 58.3 Å². The molecule has 5 aromatic carbocycles. The molecule has 0 radical (unpaired) electrons. The van der Waals surface area contributed by atoms with Gasteiger partial charge in [-0.3, -0.25) is 4.79 Å². The number of ether oxygens (including phenoxy) is 2. The van der Waals surface area contributed by atoms with Crippen LogP contribution >= 0.6 is 0 Å². The van der Waals surface area contributed by atoms with Crippen LogP contribution in [0, 0.1) is 6.92 Å². The van der Waals surface area contributed by atoms with E-state index in [-0.39, 0.29) is 35.9 Å². The van der Waals surface area contributed by atoms with Crippen molar-refractivity contribution < 1.29 is 38.0 Å². The van der Waals surface area contributed by atoms with Gasteiger partial charge in [0.05, 0.1) is 29.8 Å². The number of carbonyl (C=O) groups is 1. The van der Waals surface area contributed by atoms with Crippen LogP contribution in [0.15, 0.2) is 132 Å². The minimum atomic E-state index is -4.01. The summed E-state index contributed by atoms with van der Waals surface area (Å²) >= 11 is 0. The van der Waals surface area contributed by atoms with Crippen molar-refractivity contribution in [1.29, 1.82) is 0 Å². The average Bonchev–Trinajstić information content (AvgIpc) is 3.18. The Labute approximate surface area is 322 Å². The molecule has 1 aliphatic rings. The number of aliphatic hydroxyl groups excluding tert-OH is 2. The van der Waals surface area contributed by atoms with Crippen molar-refractivity contribution in [2.75, 3.05) is 25.5 Å². The number of anilines is 1. The van der Waals surface area contributed by atoms with Crippen molar-refractivity contribution >= 4 is 21.6 Å². The monoisotopic (exact) mass is 765 g/mol. The largest absolute Gasteiger partial charge is 0.508 e. The minimum absolute atomic E-state index is 0.0685. The molecular formula is C43H47N3O8S. The van der Waals surface area contributed by atoms with Gasteiger partial charge < -0.3 is 35.0 Å². The first kappa shape index (κ1) is 39.8. The maximum Gasteiger partial charge on any atom is 0.242 e. The van der Waals surface area contributed by atoms with Crippen molar-refractivity contribution in [3.8, 4) is 5.75 Å². The second-order valence-corrected chi connectivity index (χ2v) is 15.7. The van der Waals surface area contributed by atoms with Gasteiger partial charge >= 0.3 is 0 Å². The van der Waals surface area contributed by atoms with Gasteiger partial charge in [0.15, 0.2) is 6.29 Å². The zero-order valence-electron chi connectivity index (χ0n) is 30.8. The second kappa shape index (κ2) is 18.1. The summed E-state index contributed by atoms with van der Waals surface area (Å²) in [6.45, 7) is 2.59. The maximum atomic E-state index is 13.7. The van der Waals surface area contributed by atoms with Gasteiger partial charge in [0, 0.05) is 30.8 Å². The Bertz CT molecular complexity index is 2110. The molecule has 1 aliphatic heterocycles. The summed E-state index contributed by atoms with van der Waals surface area (Å²) in [6.07, 6.45) is -1.52. The molecule has 5 atom stereocenters. The number of sulfonamides is 1. The number of aromatic hydroxyl groups is 1. The highest BCUT2D eigenvalue weighted by molar-refractivity contribution is 7.89. The highest BCUT2D eigenvalue weighted by atomic mass is 32.2. The molecule has 5 N–H and O–H groups in total. The Kier molecular flexibility index (Phi) is 13.1. The fourth-order valence-electron chi connectivity index (χ4n) is 6.55. The number of phenols is 1. The molecule has 0 bridgehead atoms. The van der Waals surface area contributed by atoms with Crippen LogP contribution in [0.3, 0.4) is 0 Å². The molecule has 6 rings (SSSR count). The normalized spacial score (nSPS) is 18.5. The molecule has 0 unspecified atom stereocenters. The topological polar surface area (TPSA) is 158 Å². The third-order valence-corrected chi connectivity index (χ3v) is 11.0. The highest BCUT2D eigenvalue weighted by Gasteiger charge is 2.33. The highest BCUT2D eigenvalue weighted by Crippen LogP contribution is 2.38. The number of phenolic OH excluding ortho intramolecular Hbond substituents is 1. The molecule has 0 spiro atoms. The fourth-order valence-corrected chi connectivity index (χ4v) is 7.75. The van der Waals surface area contributed by atoms with Gasteiger partial charge in [0.2, 0.25) is 15.9 Å². The number of likely N-dealkylation sites (N-methyl/N-ethyl adjacent to an activating group) is 1. The van der Waals surface area contributed by atoms with Gasteiger partial charge in [-0.1, -0.05) is 96.6 Å². The molecule has 0 aromatic heterocycles. The van der Waals surface area contributed by atoms with Gasteiger partial charge in [-0.25, -0.2) is 8.42 Å². The van der Waals surface area contributed by atoms with E-state index in [0.29, 0.717) is 36.3 Å². The Balaban J connectivity index is 1.17. The van der Waals surface area contributed by atoms with Crippen molar-refractivity contribution in [3.63, 3.8) is 0 Å². The molecule has 288 valence electrons. The second-order valence-electron chi connectivity index (χ2n) is 14.0. The Hall–Kier alpha value is -4.92. The molecule has 1 fully saturated rings. The number of benzene rings is 5. The molecule has 1 heterocycles. The number of hydrogen-bond acceptors (Lipinski definition) is 9. The number of rotatable bonds is 15. The van der Waals surface area contributed by atoms with Crippen LogP contribution in [-0.4, -0.2) is 66.8 Å².